The monoisotopic (exact) mass is 150 g/mol. The molecule has 0 rings (SSSR count). The van der Waals surface area contributed by atoms with Gasteiger partial charge in [0.1, 0.15) is 0 Å². The smallest absolute Gasteiger partial charge is 0.865 e. The SMILES string of the molecule is [Fe+2].[O-][SiH3].[O-][SiH3]. The molecule has 34 valence electrons. The molecule has 0 spiro atoms. The topological polar surface area (TPSA) is 46.1 Å². The summed E-state index contributed by atoms with van der Waals surface area (Å²) in [7, 11) is 0.111. The fourth-order valence-corrected chi connectivity index (χ4v) is 0. The molecule has 0 aromatic heterocycles. The van der Waals surface area contributed by atoms with Crippen LogP contribution in [0.2, 0.25) is 0 Å². The summed E-state index contributed by atoms with van der Waals surface area (Å²) in [5.74, 6) is 0. The Kier molecular flexibility index (Phi) is 324. The fraction of sp³-hybridized carbons (Fsp3) is 0. The molecule has 5 heteroatoms. The summed E-state index contributed by atoms with van der Waals surface area (Å²) < 4.78 is 0. The number of hydrogen-bond donors (Lipinski definition) is 0. The van der Waals surface area contributed by atoms with Gasteiger partial charge < -0.3 is 9.59 Å². The minimum absolute atomic E-state index is 0. The van der Waals surface area contributed by atoms with Gasteiger partial charge in [0.05, 0.1) is 0 Å². The Morgan fingerprint density at radius 3 is 0.800 bits per heavy atom. The maximum absolute atomic E-state index is 8.39. The Bertz CT molecular complexity index is 7.61. The summed E-state index contributed by atoms with van der Waals surface area (Å²) >= 11 is 0. The van der Waals surface area contributed by atoms with Gasteiger partial charge in [0.15, 0.2) is 0 Å². The summed E-state index contributed by atoms with van der Waals surface area (Å²) in [6, 6.07) is 0. The molecule has 0 heterocycles. The predicted octanol–water partition coefficient (Wildman–Crippen LogP) is -4.75. The third-order valence-corrected chi connectivity index (χ3v) is 0. The van der Waals surface area contributed by atoms with Crippen LogP contribution in [0.1, 0.15) is 0 Å². The molecular weight excluding hydrogens is 144 g/mol. The Morgan fingerprint density at radius 2 is 0.800 bits per heavy atom. The minimum atomic E-state index is 0. The van der Waals surface area contributed by atoms with Crippen molar-refractivity contribution < 1.29 is 26.7 Å². The quantitative estimate of drug-likeness (QED) is 0.325. The van der Waals surface area contributed by atoms with Gasteiger partial charge in [-0.25, -0.2) is 0 Å². The van der Waals surface area contributed by atoms with E-state index in [1.54, 1.807) is 0 Å². The first-order chi connectivity index (χ1) is 2.00. The van der Waals surface area contributed by atoms with Crippen LogP contribution in [0.3, 0.4) is 0 Å². The zero-order valence-electron chi connectivity index (χ0n) is 3.17. The predicted molar refractivity (Wildman–Crippen MR) is 19.9 cm³/mol. The summed E-state index contributed by atoms with van der Waals surface area (Å²) in [6.45, 7) is 0. The van der Waals surface area contributed by atoms with Gasteiger partial charge in [0.25, 0.3) is 0 Å². The molecule has 0 amide bonds. The van der Waals surface area contributed by atoms with E-state index in [1.165, 1.54) is 0 Å². The molecule has 0 aromatic rings. The Morgan fingerprint density at radius 1 is 0.800 bits per heavy atom. The Hall–Kier alpha value is 0.873. The normalized spacial score (nSPS) is 3.60. The van der Waals surface area contributed by atoms with E-state index in [4.69, 9.17) is 9.59 Å². The van der Waals surface area contributed by atoms with Gasteiger partial charge in [-0.15, -0.1) is 0 Å². The van der Waals surface area contributed by atoms with Crippen LogP contribution in [-0.2, 0) is 17.1 Å². The van der Waals surface area contributed by atoms with Crippen molar-refractivity contribution >= 4 is 21.0 Å². The zero-order valence-corrected chi connectivity index (χ0v) is 8.27. The first kappa shape index (κ1) is 16.9. The second kappa shape index (κ2) is 95.9. The van der Waals surface area contributed by atoms with Crippen molar-refractivity contribution in [1.82, 2.24) is 0 Å². The number of rotatable bonds is 0. The molecule has 0 unspecified atom stereocenters. The van der Waals surface area contributed by atoms with E-state index in [0.29, 0.717) is 0 Å². The van der Waals surface area contributed by atoms with Crippen LogP contribution in [-0.4, -0.2) is 21.0 Å². The van der Waals surface area contributed by atoms with Crippen LogP contribution in [0.4, 0.5) is 0 Å². The van der Waals surface area contributed by atoms with E-state index < -0.39 is 0 Å². The van der Waals surface area contributed by atoms with Crippen LogP contribution < -0.4 is 9.59 Å². The third-order valence-electron chi connectivity index (χ3n) is 0. The van der Waals surface area contributed by atoms with Crippen molar-refractivity contribution in [1.29, 1.82) is 0 Å². The summed E-state index contributed by atoms with van der Waals surface area (Å²) in [5.41, 5.74) is 0. The molecule has 0 atom stereocenters. The number of hydrogen-bond acceptors (Lipinski definition) is 2. The molecular formula is H6FeO2Si2. The van der Waals surface area contributed by atoms with Gasteiger partial charge in [-0.3, -0.25) is 0 Å². The van der Waals surface area contributed by atoms with Gasteiger partial charge in [0, 0.05) is 0 Å². The molecule has 0 saturated carbocycles. The largest absolute Gasteiger partial charge is 2.00 e. The molecule has 0 fully saturated rings. The molecule has 0 aromatic carbocycles. The van der Waals surface area contributed by atoms with Crippen molar-refractivity contribution in [3.8, 4) is 0 Å². The minimum Gasteiger partial charge on any atom is -0.865 e. The second-order valence-corrected chi connectivity index (χ2v) is 0. The molecule has 0 N–H and O–H groups in total. The molecule has 5 heavy (non-hydrogen) atoms. The van der Waals surface area contributed by atoms with Crippen LogP contribution >= 0.6 is 0 Å². The summed E-state index contributed by atoms with van der Waals surface area (Å²) in [4.78, 5) is 16.8. The molecule has 0 aliphatic rings. The molecule has 0 aliphatic carbocycles. The molecule has 0 radical (unpaired) electrons. The molecule has 0 bridgehead atoms. The fourth-order valence-electron chi connectivity index (χ4n) is 0. The standard InChI is InChI=1S/Fe.2H3OSi/c;2*1-2/h;2*2H3/q+2;2*-1. The molecule has 0 aliphatic heterocycles. The molecule has 0 saturated heterocycles. The van der Waals surface area contributed by atoms with Crippen LogP contribution in [0, 0.1) is 0 Å². The van der Waals surface area contributed by atoms with Gasteiger partial charge in [-0.1, -0.05) is 21.0 Å². The third kappa shape index (κ3) is 52.8. The Labute approximate surface area is 48.2 Å². The summed E-state index contributed by atoms with van der Waals surface area (Å²) in [6.07, 6.45) is 0. The second-order valence-electron chi connectivity index (χ2n) is 0. The van der Waals surface area contributed by atoms with Gasteiger partial charge in [-0.2, -0.15) is 0 Å². The molecule has 2 nitrogen and oxygen atoms in total. The van der Waals surface area contributed by atoms with Gasteiger partial charge in [-0.05, 0) is 0 Å². The van der Waals surface area contributed by atoms with Crippen LogP contribution in [0.5, 0.6) is 0 Å². The summed E-state index contributed by atoms with van der Waals surface area (Å²) in [5, 5.41) is 0. The van der Waals surface area contributed by atoms with Crippen molar-refractivity contribution in [2.45, 2.75) is 0 Å². The van der Waals surface area contributed by atoms with Crippen molar-refractivity contribution in [3.63, 3.8) is 0 Å². The van der Waals surface area contributed by atoms with E-state index in [9.17, 15) is 0 Å². The van der Waals surface area contributed by atoms with E-state index in [2.05, 4.69) is 0 Å². The maximum atomic E-state index is 8.39. The average molecular weight is 150 g/mol. The first-order valence-corrected chi connectivity index (χ1v) is 2.45. The average Bonchev–Trinajstić information content (AvgIpc) is 1.50. The van der Waals surface area contributed by atoms with Crippen LogP contribution in [0.25, 0.3) is 0 Å². The van der Waals surface area contributed by atoms with Crippen molar-refractivity contribution in [2.24, 2.45) is 0 Å². The van der Waals surface area contributed by atoms with Gasteiger partial charge >= 0.3 is 17.1 Å². The van der Waals surface area contributed by atoms with Crippen LogP contribution in [0.15, 0.2) is 0 Å². The van der Waals surface area contributed by atoms with E-state index in [-0.39, 0.29) is 38.0 Å². The van der Waals surface area contributed by atoms with Gasteiger partial charge in [0.2, 0.25) is 0 Å². The van der Waals surface area contributed by atoms with E-state index >= 15 is 0 Å². The van der Waals surface area contributed by atoms with E-state index in [0.717, 1.165) is 0 Å². The van der Waals surface area contributed by atoms with E-state index in [1.807, 2.05) is 0 Å². The maximum Gasteiger partial charge on any atom is 2.00 e. The first-order valence-electron chi connectivity index (χ1n) is 0.816. The Balaban J connectivity index is -0.0000000133. The zero-order chi connectivity index (χ0) is 4.00. The van der Waals surface area contributed by atoms with Crippen molar-refractivity contribution in [2.75, 3.05) is 0 Å². The van der Waals surface area contributed by atoms with Crippen molar-refractivity contribution in [3.05, 3.63) is 0 Å².